The van der Waals surface area contributed by atoms with Gasteiger partial charge in [0.2, 0.25) is 0 Å². The molecule has 0 radical (unpaired) electrons. The maximum Gasteiger partial charge on any atom is 0.336 e. The van der Waals surface area contributed by atoms with Crippen molar-refractivity contribution in [1.82, 2.24) is 5.32 Å². The molecule has 0 fully saturated rings. The van der Waals surface area contributed by atoms with Crippen LogP contribution in [0.4, 0.5) is 0 Å². The minimum absolute atomic E-state index is 0.144. The highest BCUT2D eigenvalue weighted by Crippen LogP contribution is 2.49. The molecule has 0 unspecified atom stereocenters. The van der Waals surface area contributed by atoms with Crippen LogP contribution in [0.1, 0.15) is 41.3 Å². The number of nitrogens with one attached hydrogen (secondary N) is 1. The van der Waals surface area contributed by atoms with Gasteiger partial charge in [0.15, 0.2) is 17.3 Å². The molecule has 2 aromatic rings. The first kappa shape index (κ1) is 22.7. The van der Waals surface area contributed by atoms with Crippen LogP contribution in [0.5, 0.6) is 11.5 Å². The number of ether oxygens (including phenoxy) is 3. The molecular formula is C26H24ClNO5. The predicted octanol–water partition coefficient (Wildman–Crippen LogP) is 5.04. The summed E-state index contributed by atoms with van der Waals surface area (Å²) in [6.45, 7) is 7.66. The van der Waals surface area contributed by atoms with Crippen molar-refractivity contribution in [2.45, 2.75) is 19.8 Å². The van der Waals surface area contributed by atoms with Crippen LogP contribution in [0.15, 0.2) is 65.9 Å². The lowest BCUT2D eigenvalue weighted by molar-refractivity contribution is -0.138. The molecule has 7 heteroatoms. The van der Waals surface area contributed by atoms with Crippen LogP contribution in [0.2, 0.25) is 5.02 Å². The Kier molecular flexibility index (Phi) is 6.29. The molecule has 2 aromatic carbocycles. The molecular weight excluding hydrogens is 442 g/mol. The van der Waals surface area contributed by atoms with Crippen LogP contribution in [0, 0.1) is 0 Å². The number of Topliss-reactive ketones (excluding diaryl/α,β-unsaturated/α-hetero) is 1. The van der Waals surface area contributed by atoms with E-state index in [0.29, 0.717) is 50.2 Å². The number of benzene rings is 2. The van der Waals surface area contributed by atoms with E-state index in [1.54, 1.807) is 38.1 Å². The SMILES string of the molecule is C=CCOc1c(Cl)cc([C@H]2C(C(=O)OCC)=C(C)NC3=C2C(=O)c2ccccc23)cc1OC. The summed E-state index contributed by atoms with van der Waals surface area (Å²) >= 11 is 6.57. The molecule has 4 rings (SSSR count). The molecule has 1 heterocycles. The van der Waals surface area contributed by atoms with Crippen molar-refractivity contribution in [1.29, 1.82) is 0 Å². The molecule has 1 atom stereocenters. The second kappa shape index (κ2) is 9.16. The number of rotatable bonds is 7. The van der Waals surface area contributed by atoms with Gasteiger partial charge >= 0.3 is 5.97 Å². The van der Waals surface area contributed by atoms with Gasteiger partial charge in [0.25, 0.3) is 0 Å². The Morgan fingerprint density at radius 1 is 1.24 bits per heavy atom. The van der Waals surface area contributed by atoms with Gasteiger partial charge in [0.05, 0.1) is 30.0 Å². The molecule has 0 aromatic heterocycles. The first-order valence-corrected chi connectivity index (χ1v) is 10.9. The number of ketones is 1. The molecule has 170 valence electrons. The summed E-state index contributed by atoms with van der Waals surface area (Å²) in [5.41, 5.74) is 4.14. The first-order valence-electron chi connectivity index (χ1n) is 10.6. The Bertz CT molecular complexity index is 1230. The van der Waals surface area contributed by atoms with Crippen molar-refractivity contribution in [2.24, 2.45) is 0 Å². The van der Waals surface area contributed by atoms with Gasteiger partial charge in [-0.3, -0.25) is 4.79 Å². The average Bonchev–Trinajstić information content (AvgIpc) is 3.08. The lowest BCUT2D eigenvalue weighted by Gasteiger charge is -2.29. The van der Waals surface area contributed by atoms with Gasteiger partial charge < -0.3 is 19.5 Å². The quantitative estimate of drug-likeness (QED) is 0.456. The number of allylic oxidation sites excluding steroid dienone is 2. The number of halogens is 1. The molecule has 6 nitrogen and oxygen atoms in total. The fourth-order valence-electron chi connectivity index (χ4n) is 4.33. The maximum atomic E-state index is 13.5. The number of esters is 1. The number of carbonyl (C=O) groups excluding carboxylic acids is 2. The number of dihydropyridines is 1. The lowest BCUT2D eigenvalue weighted by Crippen LogP contribution is -2.29. The molecule has 0 saturated heterocycles. The van der Waals surface area contributed by atoms with Gasteiger partial charge in [-0.2, -0.15) is 0 Å². The summed E-state index contributed by atoms with van der Waals surface area (Å²) < 4.78 is 16.6. The minimum atomic E-state index is -0.694. The summed E-state index contributed by atoms with van der Waals surface area (Å²) in [6.07, 6.45) is 1.60. The zero-order chi connectivity index (χ0) is 23.7. The van der Waals surface area contributed by atoms with E-state index >= 15 is 0 Å². The van der Waals surface area contributed by atoms with Crippen molar-refractivity contribution < 1.29 is 23.8 Å². The van der Waals surface area contributed by atoms with Crippen molar-refractivity contribution >= 4 is 29.1 Å². The van der Waals surface area contributed by atoms with E-state index < -0.39 is 11.9 Å². The molecule has 0 spiro atoms. The Morgan fingerprint density at radius 3 is 2.64 bits per heavy atom. The van der Waals surface area contributed by atoms with Crippen LogP contribution in [-0.2, 0) is 9.53 Å². The Labute approximate surface area is 197 Å². The van der Waals surface area contributed by atoms with E-state index in [1.165, 1.54) is 7.11 Å². The standard InChI is InChI=1S/C26H24ClNO5/c1-5-11-33-25-18(27)12-15(13-19(25)31-4)21-20(26(30)32-6-2)14(3)28-23-16-9-7-8-10-17(16)24(29)22(21)23/h5,7-10,12-13,21,28H,1,6,11H2,2-4H3/t21-/m0/s1. The number of fused-ring (bicyclic) bond motifs is 2. The molecule has 33 heavy (non-hydrogen) atoms. The zero-order valence-corrected chi connectivity index (χ0v) is 19.4. The van der Waals surface area contributed by atoms with Gasteiger partial charge in [-0.05, 0) is 31.5 Å². The number of carbonyl (C=O) groups is 2. The fraction of sp³-hybridized carbons (Fsp3) is 0.231. The smallest absolute Gasteiger partial charge is 0.336 e. The van der Waals surface area contributed by atoms with Crippen molar-refractivity contribution in [3.8, 4) is 11.5 Å². The van der Waals surface area contributed by atoms with E-state index in [1.807, 2.05) is 18.2 Å². The Hall–Kier alpha value is -3.51. The fourth-order valence-corrected chi connectivity index (χ4v) is 4.60. The van der Waals surface area contributed by atoms with E-state index in [0.717, 1.165) is 5.56 Å². The van der Waals surface area contributed by atoms with Crippen LogP contribution in [-0.4, -0.2) is 32.1 Å². The summed E-state index contributed by atoms with van der Waals surface area (Å²) in [5, 5.41) is 3.58. The largest absolute Gasteiger partial charge is 0.493 e. The molecule has 1 aliphatic heterocycles. The molecule has 2 aliphatic rings. The van der Waals surface area contributed by atoms with Crippen molar-refractivity contribution in [3.05, 3.63) is 87.6 Å². The Balaban J connectivity index is 1.93. The van der Waals surface area contributed by atoms with E-state index in [2.05, 4.69) is 11.9 Å². The normalized spacial score (nSPS) is 16.7. The van der Waals surface area contributed by atoms with Gasteiger partial charge in [-0.15, -0.1) is 0 Å². The van der Waals surface area contributed by atoms with Crippen LogP contribution in [0.25, 0.3) is 5.70 Å². The molecule has 0 saturated carbocycles. The predicted molar refractivity (Wildman–Crippen MR) is 127 cm³/mol. The van der Waals surface area contributed by atoms with Gasteiger partial charge in [-0.1, -0.05) is 48.5 Å². The summed E-state index contributed by atoms with van der Waals surface area (Å²) in [5.74, 6) is -0.575. The molecule has 1 N–H and O–H groups in total. The third kappa shape index (κ3) is 3.80. The zero-order valence-electron chi connectivity index (χ0n) is 18.7. The second-order valence-corrected chi connectivity index (χ2v) is 8.02. The topological polar surface area (TPSA) is 73.9 Å². The van der Waals surface area contributed by atoms with Crippen LogP contribution >= 0.6 is 11.6 Å². The van der Waals surface area contributed by atoms with Gasteiger partial charge in [0, 0.05) is 28.3 Å². The highest BCUT2D eigenvalue weighted by atomic mass is 35.5. The number of hydrogen-bond donors (Lipinski definition) is 1. The van der Waals surface area contributed by atoms with Gasteiger partial charge in [-0.25, -0.2) is 4.79 Å². The summed E-state index contributed by atoms with van der Waals surface area (Å²) in [7, 11) is 1.51. The average molecular weight is 466 g/mol. The van der Waals surface area contributed by atoms with Crippen LogP contribution < -0.4 is 14.8 Å². The molecule has 0 amide bonds. The molecule has 1 aliphatic carbocycles. The third-order valence-electron chi connectivity index (χ3n) is 5.67. The summed E-state index contributed by atoms with van der Waals surface area (Å²) in [4.78, 5) is 26.6. The Morgan fingerprint density at radius 2 is 1.97 bits per heavy atom. The maximum absolute atomic E-state index is 13.5. The van der Waals surface area contributed by atoms with E-state index in [4.69, 9.17) is 25.8 Å². The first-order chi connectivity index (χ1) is 15.9. The van der Waals surface area contributed by atoms with Crippen molar-refractivity contribution in [2.75, 3.05) is 20.3 Å². The molecule has 0 bridgehead atoms. The van der Waals surface area contributed by atoms with Gasteiger partial charge in [0.1, 0.15) is 6.61 Å². The monoisotopic (exact) mass is 465 g/mol. The number of hydrogen-bond acceptors (Lipinski definition) is 6. The van der Waals surface area contributed by atoms with E-state index in [9.17, 15) is 9.59 Å². The highest BCUT2D eigenvalue weighted by molar-refractivity contribution is 6.32. The van der Waals surface area contributed by atoms with Crippen LogP contribution in [0.3, 0.4) is 0 Å². The van der Waals surface area contributed by atoms with E-state index in [-0.39, 0.29) is 19.0 Å². The minimum Gasteiger partial charge on any atom is -0.493 e. The third-order valence-corrected chi connectivity index (χ3v) is 5.96. The van der Waals surface area contributed by atoms with Crippen molar-refractivity contribution in [3.63, 3.8) is 0 Å². The highest BCUT2D eigenvalue weighted by Gasteiger charge is 2.43. The second-order valence-electron chi connectivity index (χ2n) is 7.61. The summed E-state index contributed by atoms with van der Waals surface area (Å²) in [6, 6.07) is 10.8. The number of methoxy groups -OCH3 is 1. The lowest BCUT2D eigenvalue weighted by atomic mass is 9.79.